The predicted octanol–water partition coefficient (Wildman–Crippen LogP) is 2.82. The Hall–Kier alpha value is -0.980. The van der Waals surface area contributed by atoms with Crippen LogP contribution in [0.25, 0.3) is 0 Å². The largest absolute Gasteiger partial charge is 0.337 e. The highest BCUT2D eigenvalue weighted by Crippen LogP contribution is 2.39. The molecular formula is C19H27BrFN3O. The van der Waals surface area contributed by atoms with E-state index in [1.54, 1.807) is 6.07 Å². The van der Waals surface area contributed by atoms with Crippen molar-refractivity contribution >= 4 is 21.8 Å². The van der Waals surface area contributed by atoms with E-state index >= 15 is 0 Å². The molecule has 2 aliphatic rings. The molecule has 2 fully saturated rings. The van der Waals surface area contributed by atoms with Gasteiger partial charge >= 0.3 is 0 Å². The Morgan fingerprint density at radius 3 is 2.60 bits per heavy atom. The second-order valence-corrected chi connectivity index (χ2v) is 8.38. The number of carbonyl (C=O) groups excluding carboxylic acids is 1. The van der Waals surface area contributed by atoms with Gasteiger partial charge in [0, 0.05) is 61.8 Å². The van der Waals surface area contributed by atoms with Crippen molar-refractivity contribution in [1.29, 1.82) is 0 Å². The number of likely N-dealkylation sites (N-methyl/N-ethyl adjacent to an activating group) is 1. The van der Waals surface area contributed by atoms with Crippen molar-refractivity contribution in [3.8, 4) is 0 Å². The highest BCUT2D eigenvalue weighted by Gasteiger charge is 2.41. The molecule has 0 spiro atoms. The van der Waals surface area contributed by atoms with Crippen molar-refractivity contribution in [1.82, 2.24) is 14.7 Å². The Morgan fingerprint density at radius 1 is 1.32 bits per heavy atom. The second-order valence-electron chi connectivity index (χ2n) is 7.46. The molecule has 1 saturated carbocycles. The monoisotopic (exact) mass is 411 g/mol. The van der Waals surface area contributed by atoms with E-state index in [0.717, 1.165) is 43.6 Å². The van der Waals surface area contributed by atoms with Gasteiger partial charge in [-0.15, -0.1) is 0 Å². The van der Waals surface area contributed by atoms with Crippen LogP contribution in [0.1, 0.15) is 18.9 Å². The summed E-state index contributed by atoms with van der Waals surface area (Å²) in [6.07, 6.45) is 0.965. The van der Waals surface area contributed by atoms with Crippen LogP contribution in [0.3, 0.4) is 0 Å². The zero-order valence-corrected chi connectivity index (χ0v) is 16.6. The number of rotatable bonds is 6. The van der Waals surface area contributed by atoms with Gasteiger partial charge in [-0.2, -0.15) is 0 Å². The molecule has 1 saturated heterocycles. The lowest BCUT2D eigenvalue weighted by Crippen LogP contribution is -2.47. The molecule has 2 atom stereocenters. The average Bonchev–Trinajstić information content (AvgIpc) is 3.31. The number of nitrogens with zero attached hydrogens (tertiary/aromatic N) is 3. The molecule has 1 aliphatic heterocycles. The molecule has 0 radical (unpaired) electrons. The molecule has 1 amide bonds. The molecule has 138 valence electrons. The third kappa shape index (κ3) is 5.02. The SMILES string of the molecule is CC1CC1C(=O)N(CCN1CCN(C)CC1)Cc1ccc(Br)cc1F. The maximum absolute atomic E-state index is 14.2. The molecule has 1 aromatic carbocycles. The molecule has 4 nitrogen and oxygen atoms in total. The van der Waals surface area contributed by atoms with Crippen LogP contribution in [0.5, 0.6) is 0 Å². The molecule has 6 heteroatoms. The van der Waals surface area contributed by atoms with E-state index in [2.05, 4.69) is 39.7 Å². The first-order chi connectivity index (χ1) is 11.9. The van der Waals surface area contributed by atoms with Crippen molar-refractivity contribution in [2.75, 3.05) is 46.3 Å². The number of piperazine rings is 1. The van der Waals surface area contributed by atoms with Crippen LogP contribution in [-0.2, 0) is 11.3 Å². The van der Waals surface area contributed by atoms with Gasteiger partial charge in [0.2, 0.25) is 5.91 Å². The maximum atomic E-state index is 14.2. The lowest BCUT2D eigenvalue weighted by atomic mass is 10.1. The Balaban J connectivity index is 1.63. The highest BCUT2D eigenvalue weighted by atomic mass is 79.9. The summed E-state index contributed by atoms with van der Waals surface area (Å²) < 4.78 is 14.9. The molecule has 3 rings (SSSR count). The van der Waals surface area contributed by atoms with Gasteiger partial charge in [0.05, 0.1) is 0 Å². The summed E-state index contributed by atoms with van der Waals surface area (Å²) >= 11 is 3.29. The van der Waals surface area contributed by atoms with E-state index in [-0.39, 0.29) is 17.6 Å². The molecule has 2 unspecified atom stereocenters. The first-order valence-electron chi connectivity index (χ1n) is 9.07. The Morgan fingerprint density at radius 2 is 2.00 bits per heavy atom. The summed E-state index contributed by atoms with van der Waals surface area (Å²) in [5, 5.41) is 0. The molecule has 0 aromatic heterocycles. The normalized spacial score (nSPS) is 24.3. The van der Waals surface area contributed by atoms with Crippen molar-refractivity contribution in [2.24, 2.45) is 11.8 Å². The van der Waals surface area contributed by atoms with Crippen LogP contribution < -0.4 is 0 Å². The van der Waals surface area contributed by atoms with Crippen LogP contribution in [-0.4, -0.2) is 66.9 Å². The smallest absolute Gasteiger partial charge is 0.226 e. The third-order valence-electron chi connectivity index (χ3n) is 5.40. The number of benzene rings is 1. The van der Waals surface area contributed by atoms with Crippen molar-refractivity contribution in [2.45, 2.75) is 19.9 Å². The number of hydrogen-bond acceptors (Lipinski definition) is 3. The Labute approximate surface area is 158 Å². The molecule has 1 aromatic rings. The van der Waals surface area contributed by atoms with Crippen LogP contribution in [0.4, 0.5) is 4.39 Å². The molecule has 25 heavy (non-hydrogen) atoms. The standard InChI is InChI=1S/C19H27BrFN3O/c1-14-11-17(14)19(25)24(10-9-23-7-5-22(2)6-8-23)13-15-3-4-16(20)12-18(15)21/h3-4,12,14,17H,5-11,13H2,1-2H3. The Kier molecular flexibility index (Phi) is 6.12. The summed E-state index contributed by atoms with van der Waals surface area (Å²) in [5.41, 5.74) is 0.586. The highest BCUT2D eigenvalue weighted by molar-refractivity contribution is 9.10. The number of hydrogen-bond donors (Lipinski definition) is 0. The fourth-order valence-electron chi connectivity index (χ4n) is 3.36. The van der Waals surface area contributed by atoms with Crippen LogP contribution in [0.15, 0.2) is 22.7 Å². The first kappa shape index (κ1) is 18.8. The maximum Gasteiger partial charge on any atom is 0.226 e. The van der Waals surface area contributed by atoms with E-state index < -0.39 is 0 Å². The minimum atomic E-state index is -0.254. The van der Waals surface area contributed by atoms with Gasteiger partial charge in [-0.1, -0.05) is 28.9 Å². The number of carbonyl (C=O) groups is 1. The summed E-state index contributed by atoms with van der Waals surface area (Å²) in [6.45, 7) is 8.19. The van der Waals surface area contributed by atoms with E-state index in [1.165, 1.54) is 6.07 Å². The van der Waals surface area contributed by atoms with E-state index in [4.69, 9.17) is 0 Å². The van der Waals surface area contributed by atoms with Gasteiger partial charge in [0.15, 0.2) is 0 Å². The summed E-state index contributed by atoms with van der Waals surface area (Å²) in [6, 6.07) is 5.07. The lowest BCUT2D eigenvalue weighted by molar-refractivity contribution is -0.133. The molecule has 1 heterocycles. The molecule has 0 N–H and O–H groups in total. The van der Waals surface area contributed by atoms with Crippen molar-refractivity contribution in [3.63, 3.8) is 0 Å². The summed E-state index contributed by atoms with van der Waals surface area (Å²) in [5.74, 6) is 0.527. The first-order valence-corrected chi connectivity index (χ1v) is 9.87. The van der Waals surface area contributed by atoms with Gasteiger partial charge in [0.25, 0.3) is 0 Å². The van der Waals surface area contributed by atoms with Gasteiger partial charge in [-0.3, -0.25) is 9.69 Å². The molecular weight excluding hydrogens is 385 g/mol. The van der Waals surface area contributed by atoms with Crippen LogP contribution >= 0.6 is 15.9 Å². The fourth-order valence-corrected chi connectivity index (χ4v) is 3.69. The zero-order valence-electron chi connectivity index (χ0n) is 15.0. The van der Waals surface area contributed by atoms with Gasteiger partial charge in [0.1, 0.15) is 5.82 Å². The minimum absolute atomic E-state index is 0.131. The Bertz CT molecular complexity index is 619. The van der Waals surface area contributed by atoms with E-state index in [1.807, 2.05) is 11.0 Å². The number of halogens is 2. The van der Waals surface area contributed by atoms with E-state index in [9.17, 15) is 9.18 Å². The quantitative estimate of drug-likeness (QED) is 0.719. The van der Waals surface area contributed by atoms with Gasteiger partial charge < -0.3 is 9.80 Å². The van der Waals surface area contributed by atoms with Gasteiger partial charge in [-0.05, 0) is 31.5 Å². The van der Waals surface area contributed by atoms with Crippen LogP contribution in [0.2, 0.25) is 0 Å². The van der Waals surface area contributed by atoms with Crippen molar-refractivity contribution < 1.29 is 9.18 Å². The summed E-state index contributed by atoms with van der Waals surface area (Å²) in [7, 11) is 2.14. The molecule has 0 bridgehead atoms. The van der Waals surface area contributed by atoms with Crippen molar-refractivity contribution in [3.05, 3.63) is 34.1 Å². The topological polar surface area (TPSA) is 26.8 Å². The fraction of sp³-hybridized carbons (Fsp3) is 0.632. The molecule has 1 aliphatic carbocycles. The lowest BCUT2D eigenvalue weighted by Gasteiger charge is -2.34. The second kappa shape index (κ2) is 8.14. The van der Waals surface area contributed by atoms with E-state index in [0.29, 0.717) is 24.6 Å². The minimum Gasteiger partial charge on any atom is -0.337 e. The average molecular weight is 412 g/mol. The summed E-state index contributed by atoms with van der Waals surface area (Å²) in [4.78, 5) is 19.4. The van der Waals surface area contributed by atoms with Gasteiger partial charge in [-0.25, -0.2) is 4.39 Å². The predicted molar refractivity (Wildman–Crippen MR) is 101 cm³/mol. The number of amides is 1. The van der Waals surface area contributed by atoms with Crippen LogP contribution in [0, 0.1) is 17.7 Å². The third-order valence-corrected chi connectivity index (χ3v) is 5.89. The zero-order chi connectivity index (χ0) is 18.0.